The van der Waals surface area contributed by atoms with Crippen LogP contribution in [0.2, 0.25) is 0 Å². The maximum Gasteiger partial charge on any atom is 0.217 e. The molecule has 1 amide bonds. The molecule has 3 rings (SSSR count). The molecule has 1 atom stereocenters. The van der Waals surface area contributed by atoms with Crippen molar-refractivity contribution < 1.29 is 4.79 Å². The molecule has 3 aromatic rings. The maximum atomic E-state index is 11.4. The summed E-state index contributed by atoms with van der Waals surface area (Å²) in [7, 11) is 0. The number of rotatable bonds is 4. The molecule has 6 heteroatoms. The minimum absolute atomic E-state index is 0.0277. The summed E-state index contributed by atoms with van der Waals surface area (Å²) in [6.45, 7) is 7.49. The van der Waals surface area contributed by atoms with Crippen molar-refractivity contribution in [2.45, 2.75) is 40.2 Å². The van der Waals surface area contributed by atoms with E-state index < -0.39 is 0 Å². The van der Waals surface area contributed by atoms with Crippen molar-refractivity contribution in [3.63, 3.8) is 0 Å². The molecule has 0 bridgehead atoms. The van der Waals surface area contributed by atoms with Gasteiger partial charge >= 0.3 is 0 Å². The molecule has 1 aromatic carbocycles. The van der Waals surface area contributed by atoms with Gasteiger partial charge in [0, 0.05) is 36.0 Å². The van der Waals surface area contributed by atoms with Crippen LogP contribution in [0.1, 0.15) is 30.8 Å². The van der Waals surface area contributed by atoms with E-state index in [9.17, 15) is 4.79 Å². The molecule has 3 N–H and O–H groups in total. The average molecular weight is 337 g/mol. The van der Waals surface area contributed by atoms with Gasteiger partial charge in [-0.1, -0.05) is 30.3 Å². The van der Waals surface area contributed by atoms with E-state index in [0.717, 1.165) is 27.9 Å². The Hall–Kier alpha value is -2.89. The monoisotopic (exact) mass is 337 g/mol. The Balaban J connectivity index is 2.18. The summed E-state index contributed by atoms with van der Waals surface area (Å²) in [5.41, 5.74) is 4.59. The zero-order valence-corrected chi connectivity index (χ0v) is 15.0. The summed E-state index contributed by atoms with van der Waals surface area (Å²) in [4.78, 5) is 20.9. The van der Waals surface area contributed by atoms with Crippen LogP contribution in [0.5, 0.6) is 0 Å². The van der Waals surface area contributed by atoms with E-state index in [2.05, 4.69) is 5.32 Å². The van der Waals surface area contributed by atoms with E-state index in [1.165, 1.54) is 6.92 Å². The molecule has 25 heavy (non-hydrogen) atoms. The maximum absolute atomic E-state index is 11.4. The lowest BCUT2D eigenvalue weighted by Crippen LogP contribution is -2.32. The van der Waals surface area contributed by atoms with Crippen molar-refractivity contribution >= 4 is 16.9 Å². The fourth-order valence-corrected chi connectivity index (χ4v) is 3.12. The highest BCUT2D eigenvalue weighted by Crippen LogP contribution is 2.28. The number of amides is 1. The highest BCUT2D eigenvalue weighted by molar-refractivity contribution is 5.86. The first-order chi connectivity index (χ1) is 11.9. The van der Waals surface area contributed by atoms with Crippen LogP contribution in [0, 0.1) is 13.8 Å². The van der Waals surface area contributed by atoms with Gasteiger partial charge in [0.25, 0.3) is 0 Å². The van der Waals surface area contributed by atoms with E-state index in [-0.39, 0.29) is 11.9 Å². The zero-order valence-electron chi connectivity index (χ0n) is 15.0. The number of aryl methyl sites for hydroxylation is 1. The lowest BCUT2D eigenvalue weighted by molar-refractivity contribution is -0.119. The molecule has 0 aliphatic rings. The lowest BCUT2D eigenvalue weighted by Gasteiger charge is -2.14. The van der Waals surface area contributed by atoms with Crippen LogP contribution in [0.15, 0.2) is 30.3 Å². The number of nitrogens with two attached hydrogens (primary N) is 1. The van der Waals surface area contributed by atoms with Gasteiger partial charge in [-0.25, -0.2) is 14.6 Å². The molecule has 0 saturated carbocycles. The largest absolute Gasteiger partial charge is 0.354 e. The standard InChI is InChI=1S/C19H23N5O/c1-11(21-14(4)25)10-16-17-12(2)13(3)24(20)19(17)23-18(22-16)15-8-6-5-7-9-15/h5-9,11H,10,20H2,1-4H3,(H,21,25)/t11-/m0/s1. The molecule has 0 unspecified atom stereocenters. The van der Waals surface area contributed by atoms with Crippen LogP contribution in [-0.4, -0.2) is 26.6 Å². The molecule has 6 nitrogen and oxygen atoms in total. The van der Waals surface area contributed by atoms with Gasteiger partial charge < -0.3 is 11.2 Å². The Bertz CT molecular complexity index is 930. The summed E-state index contributed by atoms with van der Waals surface area (Å²) in [6, 6.07) is 9.81. The number of benzene rings is 1. The van der Waals surface area contributed by atoms with Crippen molar-refractivity contribution in [3.8, 4) is 11.4 Å². The number of carbonyl (C=O) groups excluding carboxylic acids is 1. The minimum atomic E-state index is -0.0506. The number of hydrogen-bond acceptors (Lipinski definition) is 4. The molecule has 0 aliphatic heterocycles. The van der Waals surface area contributed by atoms with Crippen molar-refractivity contribution in [3.05, 3.63) is 47.3 Å². The van der Waals surface area contributed by atoms with Crippen LogP contribution >= 0.6 is 0 Å². The van der Waals surface area contributed by atoms with Gasteiger partial charge in [-0.15, -0.1) is 0 Å². The normalized spacial score (nSPS) is 12.3. The Morgan fingerprint density at radius 2 is 1.92 bits per heavy atom. The summed E-state index contributed by atoms with van der Waals surface area (Å²) in [5.74, 6) is 6.81. The third-order valence-electron chi connectivity index (χ3n) is 4.45. The molecule has 2 aromatic heterocycles. The van der Waals surface area contributed by atoms with Gasteiger partial charge in [0.15, 0.2) is 11.5 Å². The van der Waals surface area contributed by atoms with Crippen molar-refractivity contribution in [2.75, 3.05) is 5.84 Å². The van der Waals surface area contributed by atoms with E-state index >= 15 is 0 Å². The topological polar surface area (TPSA) is 85.8 Å². The van der Waals surface area contributed by atoms with Crippen molar-refractivity contribution in [2.24, 2.45) is 0 Å². The van der Waals surface area contributed by atoms with E-state index in [4.69, 9.17) is 15.8 Å². The first kappa shape index (κ1) is 17.0. The Kier molecular flexibility index (Phi) is 4.44. The Labute approximate surface area is 147 Å². The number of nitrogens with one attached hydrogen (secondary N) is 1. The second-order valence-electron chi connectivity index (χ2n) is 6.44. The Morgan fingerprint density at radius 1 is 1.24 bits per heavy atom. The highest BCUT2D eigenvalue weighted by Gasteiger charge is 2.19. The SMILES string of the molecule is CC(=O)N[C@@H](C)Cc1nc(-c2ccccc2)nc2c1c(C)c(C)n2N. The van der Waals surface area contributed by atoms with Gasteiger partial charge in [-0.05, 0) is 26.3 Å². The number of carbonyl (C=O) groups is 1. The third-order valence-corrected chi connectivity index (χ3v) is 4.45. The van der Waals surface area contributed by atoms with Crippen LogP contribution in [0.3, 0.4) is 0 Å². The highest BCUT2D eigenvalue weighted by atomic mass is 16.1. The first-order valence-corrected chi connectivity index (χ1v) is 8.34. The van der Waals surface area contributed by atoms with Gasteiger partial charge in [-0.2, -0.15) is 0 Å². The number of nitrogen functional groups attached to an aromatic ring is 1. The van der Waals surface area contributed by atoms with Gasteiger partial charge in [0.2, 0.25) is 5.91 Å². The second kappa shape index (κ2) is 6.55. The summed E-state index contributed by atoms with van der Waals surface area (Å²) in [5, 5.41) is 3.89. The van der Waals surface area contributed by atoms with Crippen LogP contribution in [0.25, 0.3) is 22.4 Å². The van der Waals surface area contributed by atoms with Gasteiger partial charge in [0.05, 0.1) is 5.69 Å². The zero-order chi connectivity index (χ0) is 18.1. The van der Waals surface area contributed by atoms with E-state index in [0.29, 0.717) is 17.9 Å². The molecular weight excluding hydrogens is 314 g/mol. The van der Waals surface area contributed by atoms with Crippen LogP contribution in [0.4, 0.5) is 0 Å². The van der Waals surface area contributed by atoms with Crippen molar-refractivity contribution in [1.82, 2.24) is 20.0 Å². The van der Waals surface area contributed by atoms with E-state index in [1.807, 2.05) is 51.1 Å². The number of fused-ring (bicyclic) bond motifs is 1. The molecule has 0 fully saturated rings. The molecule has 0 radical (unpaired) electrons. The predicted molar refractivity (Wildman–Crippen MR) is 99.6 cm³/mol. The molecule has 0 saturated heterocycles. The lowest BCUT2D eigenvalue weighted by atomic mass is 10.1. The van der Waals surface area contributed by atoms with Crippen molar-refractivity contribution in [1.29, 1.82) is 0 Å². The fourth-order valence-electron chi connectivity index (χ4n) is 3.12. The Morgan fingerprint density at radius 3 is 2.56 bits per heavy atom. The van der Waals surface area contributed by atoms with Gasteiger partial charge in [-0.3, -0.25) is 4.79 Å². The first-order valence-electron chi connectivity index (χ1n) is 8.34. The van der Waals surface area contributed by atoms with Gasteiger partial charge in [0.1, 0.15) is 0 Å². The molecule has 130 valence electrons. The van der Waals surface area contributed by atoms with Crippen LogP contribution in [-0.2, 0) is 11.2 Å². The number of hydrogen-bond donors (Lipinski definition) is 2. The molecule has 2 heterocycles. The smallest absolute Gasteiger partial charge is 0.217 e. The summed E-state index contributed by atoms with van der Waals surface area (Å²) in [6.07, 6.45) is 0.614. The summed E-state index contributed by atoms with van der Waals surface area (Å²) < 4.78 is 1.62. The summed E-state index contributed by atoms with van der Waals surface area (Å²) >= 11 is 0. The minimum Gasteiger partial charge on any atom is -0.354 e. The molecule has 0 spiro atoms. The van der Waals surface area contributed by atoms with E-state index in [1.54, 1.807) is 4.68 Å². The average Bonchev–Trinajstić information content (AvgIpc) is 2.79. The molecule has 0 aliphatic carbocycles. The fraction of sp³-hybridized carbons (Fsp3) is 0.316. The quantitative estimate of drug-likeness (QED) is 0.716. The third kappa shape index (κ3) is 3.20. The molecular formula is C19H23N5O. The predicted octanol–water partition coefficient (Wildman–Crippen LogP) is 2.50. The number of nitrogens with zero attached hydrogens (tertiary/aromatic N) is 3. The van der Waals surface area contributed by atoms with Crippen LogP contribution < -0.4 is 11.2 Å². The second-order valence-corrected chi connectivity index (χ2v) is 6.44. The number of aromatic nitrogens is 3.